The maximum atomic E-state index is 14.1. The van der Waals surface area contributed by atoms with Crippen LogP contribution < -0.4 is 9.80 Å². The summed E-state index contributed by atoms with van der Waals surface area (Å²) >= 11 is 6.40. The second kappa shape index (κ2) is 12.5. The van der Waals surface area contributed by atoms with Gasteiger partial charge in [0, 0.05) is 54.4 Å². The summed E-state index contributed by atoms with van der Waals surface area (Å²) in [7, 11) is 0. The van der Waals surface area contributed by atoms with Gasteiger partial charge in [0.1, 0.15) is 5.82 Å². The van der Waals surface area contributed by atoms with E-state index in [2.05, 4.69) is 34.1 Å². The molecular formula is C35H33ClFN3O2. The molecule has 0 unspecified atom stereocenters. The van der Waals surface area contributed by atoms with Crippen LogP contribution in [0.1, 0.15) is 34.3 Å². The zero-order chi connectivity index (χ0) is 29.1. The van der Waals surface area contributed by atoms with Crippen molar-refractivity contribution in [1.29, 1.82) is 0 Å². The van der Waals surface area contributed by atoms with Crippen molar-refractivity contribution < 1.29 is 14.0 Å². The molecule has 0 bridgehead atoms. The van der Waals surface area contributed by atoms with Crippen LogP contribution in [-0.4, -0.2) is 49.3 Å². The summed E-state index contributed by atoms with van der Waals surface area (Å²) in [5.41, 5.74) is 5.75. The molecule has 0 spiro atoms. The van der Waals surface area contributed by atoms with Gasteiger partial charge in [0.15, 0.2) is 5.78 Å². The first-order valence-electron chi connectivity index (χ1n) is 14.5. The fraction of sp³-hybridized carbons (Fsp3) is 0.257. The van der Waals surface area contributed by atoms with Crippen molar-refractivity contribution in [3.8, 4) is 11.1 Å². The molecule has 0 atom stereocenters. The van der Waals surface area contributed by atoms with Gasteiger partial charge in [0.2, 0.25) is 5.91 Å². The Morgan fingerprint density at radius 3 is 2.40 bits per heavy atom. The lowest BCUT2D eigenvalue weighted by Gasteiger charge is -2.36. The lowest BCUT2D eigenvalue weighted by Crippen LogP contribution is -2.46. The number of halogens is 2. The Bertz CT molecular complexity index is 1600. The molecule has 42 heavy (non-hydrogen) atoms. The van der Waals surface area contributed by atoms with Crippen LogP contribution in [0.4, 0.5) is 15.8 Å². The summed E-state index contributed by atoms with van der Waals surface area (Å²) in [5, 5.41) is 0.393. The number of anilines is 2. The lowest BCUT2D eigenvalue weighted by atomic mass is 9.95. The van der Waals surface area contributed by atoms with Gasteiger partial charge in [0.05, 0.1) is 18.7 Å². The molecule has 7 heteroatoms. The Kier molecular flexibility index (Phi) is 8.36. The van der Waals surface area contributed by atoms with Gasteiger partial charge in [-0.15, -0.1) is 0 Å². The average Bonchev–Trinajstić information content (AvgIpc) is 3.13. The van der Waals surface area contributed by atoms with E-state index in [4.69, 9.17) is 11.6 Å². The minimum Gasteiger partial charge on any atom is -0.369 e. The molecule has 0 aromatic heterocycles. The highest BCUT2D eigenvalue weighted by Crippen LogP contribution is 2.39. The van der Waals surface area contributed by atoms with Crippen LogP contribution in [0.15, 0.2) is 91.0 Å². The molecule has 1 amide bonds. The summed E-state index contributed by atoms with van der Waals surface area (Å²) in [5.74, 6) is -0.485. The monoisotopic (exact) mass is 581 g/mol. The highest BCUT2D eigenvalue weighted by molar-refractivity contribution is 6.31. The maximum Gasteiger partial charge on any atom is 0.231 e. The molecule has 6 rings (SSSR count). The predicted octanol–water partition coefficient (Wildman–Crippen LogP) is 7.02. The van der Waals surface area contributed by atoms with Crippen molar-refractivity contribution in [1.82, 2.24) is 4.90 Å². The van der Waals surface area contributed by atoms with Crippen molar-refractivity contribution in [2.75, 3.05) is 42.5 Å². The normalized spacial score (nSPS) is 15.2. The van der Waals surface area contributed by atoms with E-state index in [1.54, 1.807) is 4.90 Å². The number of amides is 1. The van der Waals surface area contributed by atoms with Crippen molar-refractivity contribution in [2.45, 2.75) is 25.8 Å². The second-order valence-corrected chi connectivity index (χ2v) is 11.4. The van der Waals surface area contributed by atoms with Crippen LogP contribution in [0.25, 0.3) is 11.1 Å². The van der Waals surface area contributed by atoms with Crippen LogP contribution in [0.2, 0.25) is 5.02 Å². The van der Waals surface area contributed by atoms with E-state index >= 15 is 0 Å². The van der Waals surface area contributed by atoms with E-state index in [1.165, 1.54) is 23.9 Å². The molecule has 0 saturated carbocycles. The summed E-state index contributed by atoms with van der Waals surface area (Å²) < 4.78 is 14.1. The molecule has 0 aliphatic carbocycles. The largest absolute Gasteiger partial charge is 0.369 e. The summed E-state index contributed by atoms with van der Waals surface area (Å²) in [6.45, 7) is 4.88. The Morgan fingerprint density at radius 1 is 0.833 bits per heavy atom. The number of Topliss-reactive ketones (excluding diaryl/α,β-unsaturated/α-hetero) is 1. The van der Waals surface area contributed by atoms with E-state index in [1.807, 2.05) is 48.5 Å². The van der Waals surface area contributed by atoms with Crippen LogP contribution in [0.3, 0.4) is 0 Å². The van der Waals surface area contributed by atoms with Gasteiger partial charge < -0.3 is 9.80 Å². The Labute approximate surface area is 251 Å². The van der Waals surface area contributed by atoms with Crippen molar-refractivity contribution in [3.05, 3.63) is 119 Å². The van der Waals surface area contributed by atoms with Crippen molar-refractivity contribution >= 4 is 34.7 Å². The zero-order valence-electron chi connectivity index (χ0n) is 23.4. The lowest BCUT2D eigenvalue weighted by molar-refractivity contribution is -0.118. The predicted molar refractivity (Wildman–Crippen MR) is 167 cm³/mol. The molecule has 0 radical (unpaired) electrons. The standard InChI is InChI=1S/C35H33ClFN3O2/c36-32-15-13-28(37)21-27(32)24-40-33-22-26(12-14-31(33)30-10-5-4-7-25(30)23-35(40)42)34(41)11-6-16-38-17-19-39(20-18-38)29-8-2-1-3-9-29/h1-5,7-10,12-15,21-22H,6,11,16-20,23-24H2. The molecule has 1 saturated heterocycles. The molecule has 2 aliphatic heterocycles. The molecule has 2 heterocycles. The summed E-state index contributed by atoms with van der Waals surface area (Å²) in [4.78, 5) is 33.4. The number of ketones is 1. The van der Waals surface area contributed by atoms with E-state index in [-0.39, 0.29) is 24.7 Å². The van der Waals surface area contributed by atoms with Crippen molar-refractivity contribution in [3.63, 3.8) is 0 Å². The third-order valence-corrected chi connectivity index (χ3v) is 8.64. The fourth-order valence-electron chi connectivity index (χ4n) is 5.97. The zero-order valence-corrected chi connectivity index (χ0v) is 24.2. The van der Waals surface area contributed by atoms with Crippen LogP contribution in [-0.2, 0) is 17.8 Å². The molecule has 2 aliphatic rings. The van der Waals surface area contributed by atoms with Crippen LogP contribution in [0, 0.1) is 5.82 Å². The van der Waals surface area contributed by atoms with Gasteiger partial charge in [-0.05, 0) is 66.1 Å². The molecular weight excluding hydrogens is 549 g/mol. The maximum absolute atomic E-state index is 14.1. The van der Waals surface area contributed by atoms with Crippen LogP contribution >= 0.6 is 11.6 Å². The topological polar surface area (TPSA) is 43.9 Å². The minimum atomic E-state index is -0.411. The molecule has 4 aromatic carbocycles. The minimum absolute atomic E-state index is 0.0504. The highest BCUT2D eigenvalue weighted by Gasteiger charge is 2.27. The first-order chi connectivity index (χ1) is 20.5. The quantitative estimate of drug-likeness (QED) is 0.210. The van der Waals surface area contributed by atoms with Crippen LogP contribution in [0.5, 0.6) is 0 Å². The van der Waals surface area contributed by atoms with Gasteiger partial charge in [0.25, 0.3) is 0 Å². The number of benzene rings is 4. The Balaban J connectivity index is 1.17. The molecule has 0 N–H and O–H groups in total. The summed E-state index contributed by atoms with van der Waals surface area (Å²) in [6.07, 6.45) is 1.40. The number of carbonyl (C=O) groups is 2. The third kappa shape index (κ3) is 6.10. The fourth-order valence-corrected chi connectivity index (χ4v) is 6.15. The number of carbonyl (C=O) groups excluding carboxylic acids is 2. The highest BCUT2D eigenvalue weighted by atomic mass is 35.5. The Hall–Kier alpha value is -4.00. The first-order valence-corrected chi connectivity index (χ1v) is 14.9. The van der Waals surface area contributed by atoms with E-state index in [0.717, 1.165) is 55.8 Å². The molecule has 5 nitrogen and oxygen atoms in total. The number of hydrogen-bond donors (Lipinski definition) is 0. The van der Waals surface area contributed by atoms with Gasteiger partial charge in [-0.2, -0.15) is 0 Å². The Morgan fingerprint density at radius 2 is 1.60 bits per heavy atom. The van der Waals surface area contributed by atoms with Gasteiger partial charge in [-0.3, -0.25) is 14.5 Å². The van der Waals surface area contributed by atoms with E-state index < -0.39 is 5.82 Å². The number of nitrogens with zero attached hydrogens (tertiary/aromatic N) is 3. The molecule has 1 fully saturated rings. The molecule has 4 aromatic rings. The van der Waals surface area contributed by atoms with E-state index in [9.17, 15) is 14.0 Å². The smallest absolute Gasteiger partial charge is 0.231 e. The number of para-hydroxylation sites is 1. The number of fused-ring (bicyclic) bond motifs is 3. The average molecular weight is 582 g/mol. The number of rotatable bonds is 8. The van der Waals surface area contributed by atoms with E-state index in [0.29, 0.717) is 28.3 Å². The van der Waals surface area contributed by atoms with Crippen molar-refractivity contribution in [2.24, 2.45) is 0 Å². The molecule has 214 valence electrons. The van der Waals surface area contributed by atoms with Gasteiger partial charge >= 0.3 is 0 Å². The third-order valence-electron chi connectivity index (χ3n) is 8.27. The SMILES string of the molecule is O=C(CCCN1CCN(c2ccccc2)CC1)c1ccc2c(c1)N(Cc1cc(F)ccc1Cl)C(=O)Cc1ccccc1-2. The van der Waals surface area contributed by atoms with Gasteiger partial charge in [-0.1, -0.05) is 66.2 Å². The second-order valence-electron chi connectivity index (χ2n) is 11.0. The van der Waals surface area contributed by atoms with Gasteiger partial charge in [-0.25, -0.2) is 4.39 Å². The number of piperazine rings is 1. The summed E-state index contributed by atoms with van der Waals surface area (Å²) in [6, 6.07) is 28.1. The first kappa shape index (κ1) is 28.1. The number of hydrogen-bond acceptors (Lipinski definition) is 4.